The summed E-state index contributed by atoms with van der Waals surface area (Å²) in [4.78, 5) is 0. The van der Waals surface area contributed by atoms with Crippen molar-refractivity contribution in [2.24, 2.45) is 5.92 Å². The molecule has 1 saturated carbocycles. The van der Waals surface area contributed by atoms with Gasteiger partial charge in [-0.15, -0.1) is 6.58 Å². The predicted octanol–water partition coefficient (Wildman–Crippen LogP) is 9.07. The smallest absolute Gasteiger partial charge is 0.166 e. The zero-order valence-electron chi connectivity index (χ0n) is 19.9. The standard InChI is InChI=1S/C30H33F3O/c1-7-24-12-15-25(16-13-24)27-18-17-26(29(32)30(27)33)14-10-20(3)9-11-21(4)23(6)28(31)19-22(5)34-8-2/h7,9-11,14,17-19,24-25H,1,3-6,8,12-13,15-16H2,2H3/b11-9-,14-10+,28-19+. The number of rotatable bonds is 11. The Morgan fingerprint density at radius 1 is 1.00 bits per heavy atom. The average molecular weight is 467 g/mol. The lowest BCUT2D eigenvalue weighted by Crippen LogP contribution is -2.13. The monoisotopic (exact) mass is 466 g/mol. The SMILES string of the molecule is C=CC1CCC(c2ccc(/C=C/C(=C)/C=C\C(=C)C(=C)/C(F)=C\C(=C)OCC)c(F)c2F)CC1. The minimum atomic E-state index is -0.865. The van der Waals surface area contributed by atoms with Gasteiger partial charge in [-0.05, 0) is 61.2 Å². The molecule has 180 valence electrons. The summed E-state index contributed by atoms with van der Waals surface area (Å²) in [5.41, 5.74) is 1.50. The largest absolute Gasteiger partial charge is 0.494 e. The van der Waals surface area contributed by atoms with E-state index >= 15 is 0 Å². The molecule has 0 radical (unpaired) electrons. The van der Waals surface area contributed by atoms with Crippen molar-refractivity contribution in [2.75, 3.05) is 6.61 Å². The van der Waals surface area contributed by atoms with Gasteiger partial charge in [-0.2, -0.15) is 0 Å². The Morgan fingerprint density at radius 2 is 1.68 bits per heavy atom. The second-order valence-electron chi connectivity index (χ2n) is 8.36. The Labute approximate surface area is 201 Å². The summed E-state index contributed by atoms with van der Waals surface area (Å²) in [6.45, 7) is 20.9. The average Bonchev–Trinajstić information content (AvgIpc) is 2.83. The van der Waals surface area contributed by atoms with Crippen molar-refractivity contribution in [3.8, 4) is 0 Å². The van der Waals surface area contributed by atoms with Crippen molar-refractivity contribution in [3.63, 3.8) is 0 Å². The molecule has 0 unspecified atom stereocenters. The first kappa shape index (κ1) is 27.0. The lowest BCUT2D eigenvalue weighted by molar-refractivity contribution is 0.243. The van der Waals surface area contributed by atoms with E-state index in [-0.39, 0.29) is 22.8 Å². The van der Waals surface area contributed by atoms with Gasteiger partial charge in [-0.25, -0.2) is 13.2 Å². The van der Waals surface area contributed by atoms with Crippen molar-refractivity contribution in [1.82, 2.24) is 0 Å². The van der Waals surface area contributed by atoms with Crippen LogP contribution in [0.4, 0.5) is 13.2 Å². The van der Waals surface area contributed by atoms with Crippen LogP contribution in [-0.2, 0) is 4.74 Å². The summed E-state index contributed by atoms with van der Waals surface area (Å²) in [5, 5.41) is 0. The molecule has 0 aliphatic heterocycles. The molecule has 34 heavy (non-hydrogen) atoms. The van der Waals surface area contributed by atoms with Crippen molar-refractivity contribution in [3.05, 3.63) is 126 Å². The number of hydrogen-bond donors (Lipinski definition) is 0. The van der Waals surface area contributed by atoms with E-state index in [0.29, 0.717) is 29.2 Å². The second kappa shape index (κ2) is 12.8. The van der Waals surface area contributed by atoms with Crippen LogP contribution in [-0.4, -0.2) is 6.61 Å². The zero-order valence-corrected chi connectivity index (χ0v) is 19.9. The number of benzene rings is 1. The molecule has 1 aliphatic carbocycles. The van der Waals surface area contributed by atoms with Crippen LogP contribution in [0.5, 0.6) is 0 Å². The molecule has 1 aromatic carbocycles. The van der Waals surface area contributed by atoms with Gasteiger partial charge in [0.1, 0.15) is 11.6 Å². The fourth-order valence-corrected chi connectivity index (χ4v) is 3.86. The second-order valence-corrected chi connectivity index (χ2v) is 8.36. The van der Waals surface area contributed by atoms with Gasteiger partial charge in [0, 0.05) is 17.2 Å². The lowest BCUT2D eigenvalue weighted by Gasteiger charge is -2.27. The third-order valence-corrected chi connectivity index (χ3v) is 5.96. The summed E-state index contributed by atoms with van der Waals surface area (Å²) in [6.07, 6.45) is 12.8. The van der Waals surface area contributed by atoms with Crippen LogP contribution >= 0.6 is 0 Å². The molecular weight excluding hydrogens is 433 g/mol. The number of allylic oxidation sites excluding steroid dienone is 9. The predicted molar refractivity (Wildman–Crippen MR) is 137 cm³/mol. The van der Waals surface area contributed by atoms with Crippen molar-refractivity contribution in [2.45, 2.75) is 38.5 Å². The highest BCUT2D eigenvalue weighted by Crippen LogP contribution is 2.38. The molecule has 1 nitrogen and oxygen atoms in total. The minimum absolute atomic E-state index is 0.0286. The highest BCUT2D eigenvalue weighted by atomic mass is 19.2. The van der Waals surface area contributed by atoms with Crippen LogP contribution < -0.4 is 0 Å². The van der Waals surface area contributed by atoms with E-state index in [1.54, 1.807) is 37.3 Å². The van der Waals surface area contributed by atoms with Gasteiger partial charge < -0.3 is 4.74 Å². The lowest BCUT2D eigenvalue weighted by atomic mass is 9.78. The van der Waals surface area contributed by atoms with Crippen molar-refractivity contribution in [1.29, 1.82) is 0 Å². The molecule has 0 amide bonds. The molecule has 0 heterocycles. The van der Waals surface area contributed by atoms with E-state index in [2.05, 4.69) is 32.9 Å². The number of hydrogen-bond acceptors (Lipinski definition) is 1. The number of halogens is 3. The summed E-state index contributed by atoms with van der Waals surface area (Å²) < 4.78 is 48.8. The van der Waals surface area contributed by atoms with Gasteiger partial charge in [0.2, 0.25) is 0 Å². The van der Waals surface area contributed by atoms with Crippen LogP contribution in [0.2, 0.25) is 0 Å². The summed E-state index contributed by atoms with van der Waals surface area (Å²) in [6, 6.07) is 3.26. The first-order valence-corrected chi connectivity index (χ1v) is 11.4. The maximum Gasteiger partial charge on any atom is 0.166 e. The fourth-order valence-electron chi connectivity index (χ4n) is 3.86. The Balaban J connectivity index is 2.03. The normalized spacial score (nSPS) is 18.8. The highest BCUT2D eigenvalue weighted by Gasteiger charge is 2.24. The molecule has 4 heteroatoms. The van der Waals surface area contributed by atoms with Gasteiger partial charge in [0.15, 0.2) is 11.6 Å². The van der Waals surface area contributed by atoms with Crippen LogP contribution in [0.25, 0.3) is 6.08 Å². The van der Waals surface area contributed by atoms with E-state index in [0.717, 1.165) is 31.8 Å². The maximum absolute atomic E-state index is 14.8. The topological polar surface area (TPSA) is 9.23 Å². The molecule has 0 spiro atoms. The fraction of sp³-hybridized carbons (Fsp3) is 0.267. The molecule has 0 bridgehead atoms. The molecule has 0 saturated heterocycles. The van der Waals surface area contributed by atoms with Gasteiger partial charge >= 0.3 is 0 Å². The van der Waals surface area contributed by atoms with E-state index in [1.165, 1.54) is 6.08 Å². The van der Waals surface area contributed by atoms with E-state index in [1.807, 2.05) is 6.08 Å². The Kier molecular flexibility index (Phi) is 10.2. The molecule has 2 rings (SSSR count). The molecule has 0 atom stereocenters. The van der Waals surface area contributed by atoms with Crippen LogP contribution in [0.15, 0.2) is 104 Å². The van der Waals surface area contributed by atoms with Crippen LogP contribution in [0.3, 0.4) is 0 Å². The van der Waals surface area contributed by atoms with Crippen molar-refractivity contribution >= 4 is 6.08 Å². The number of ether oxygens (including phenoxy) is 1. The third kappa shape index (κ3) is 7.38. The molecule has 1 fully saturated rings. The quantitative estimate of drug-likeness (QED) is 0.180. The Hall–Kier alpha value is -3.27. The molecule has 1 aliphatic rings. The van der Waals surface area contributed by atoms with Gasteiger partial charge in [-0.3, -0.25) is 0 Å². The zero-order chi connectivity index (χ0) is 25.3. The molecule has 1 aromatic rings. The summed E-state index contributed by atoms with van der Waals surface area (Å²) in [5.74, 6) is -1.58. The summed E-state index contributed by atoms with van der Waals surface area (Å²) >= 11 is 0. The van der Waals surface area contributed by atoms with Gasteiger partial charge in [0.05, 0.1) is 6.61 Å². The van der Waals surface area contributed by atoms with Crippen molar-refractivity contribution < 1.29 is 17.9 Å². The first-order valence-electron chi connectivity index (χ1n) is 11.4. The molecule has 0 aromatic heterocycles. The van der Waals surface area contributed by atoms with E-state index in [4.69, 9.17) is 4.74 Å². The minimum Gasteiger partial charge on any atom is -0.494 e. The molecule has 0 N–H and O–H groups in total. The Morgan fingerprint density at radius 3 is 2.29 bits per heavy atom. The highest BCUT2D eigenvalue weighted by molar-refractivity contribution is 5.57. The van der Waals surface area contributed by atoms with Gasteiger partial charge in [-0.1, -0.05) is 68.8 Å². The third-order valence-electron chi connectivity index (χ3n) is 5.96. The van der Waals surface area contributed by atoms with E-state index in [9.17, 15) is 13.2 Å². The van der Waals surface area contributed by atoms with E-state index < -0.39 is 17.5 Å². The Bertz CT molecular complexity index is 1050. The van der Waals surface area contributed by atoms with Crippen LogP contribution in [0, 0.1) is 17.6 Å². The summed E-state index contributed by atoms with van der Waals surface area (Å²) in [7, 11) is 0. The van der Waals surface area contributed by atoms with Gasteiger partial charge in [0.25, 0.3) is 0 Å². The van der Waals surface area contributed by atoms with Crippen LogP contribution in [0.1, 0.15) is 49.7 Å². The first-order chi connectivity index (χ1) is 16.2. The maximum atomic E-state index is 14.8. The molecular formula is C30H33F3O.